The molecule has 1 aromatic carbocycles. The van der Waals surface area contributed by atoms with Gasteiger partial charge in [-0.1, -0.05) is 18.7 Å². The summed E-state index contributed by atoms with van der Waals surface area (Å²) < 4.78 is 5.83. The van der Waals surface area contributed by atoms with E-state index in [0.29, 0.717) is 17.8 Å². The molecule has 4 rings (SSSR count). The number of nitrogens with zero attached hydrogens (tertiary/aromatic N) is 3. The lowest BCUT2D eigenvalue weighted by Crippen LogP contribution is -2.43. The number of aliphatic imine (C=N–C) groups is 1. The summed E-state index contributed by atoms with van der Waals surface area (Å²) in [6.07, 6.45) is 5.31. The predicted octanol–water partition coefficient (Wildman–Crippen LogP) is 3.14. The maximum Gasteiger partial charge on any atom is 0.262 e. The number of thioether (sulfide) groups is 1. The van der Waals surface area contributed by atoms with Gasteiger partial charge in [0.25, 0.3) is 11.8 Å². The number of hydrogen-bond acceptors (Lipinski definition) is 6. The highest BCUT2D eigenvalue weighted by Crippen LogP contribution is 2.29. The molecule has 0 spiro atoms. The second kappa shape index (κ2) is 11.2. The van der Waals surface area contributed by atoms with Crippen LogP contribution >= 0.6 is 11.8 Å². The fraction of sp³-hybridized carbons (Fsp3) is 0.583. The van der Waals surface area contributed by atoms with Crippen LogP contribution in [0.2, 0.25) is 0 Å². The highest BCUT2D eigenvalue weighted by molar-refractivity contribution is 8.15. The van der Waals surface area contributed by atoms with Crippen LogP contribution in [0.15, 0.2) is 29.3 Å². The minimum Gasteiger partial charge on any atom is -0.376 e. The Bertz CT molecular complexity index is 898. The van der Waals surface area contributed by atoms with Gasteiger partial charge in [-0.15, -0.1) is 0 Å². The second-order valence-corrected chi connectivity index (χ2v) is 9.92. The molecule has 3 amide bonds. The molecule has 0 radical (unpaired) electrons. The SMILES string of the molecule is CCCOC1CCCN(C(=O)c2ccc(NC(=O)CC3SC(N4CCCC4)=NC3=O)cc2)C1. The van der Waals surface area contributed by atoms with Gasteiger partial charge in [0.15, 0.2) is 5.17 Å². The lowest BCUT2D eigenvalue weighted by atomic mass is 10.1. The quantitative estimate of drug-likeness (QED) is 0.656. The Balaban J connectivity index is 1.26. The first-order valence-corrected chi connectivity index (χ1v) is 12.8. The normalized spacial score (nSPS) is 23.1. The van der Waals surface area contributed by atoms with Crippen molar-refractivity contribution >= 4 is 40.3 Å². The Morgan fingerprint density at radius 1 is 1.15 bits per heavy atom. The van der Waals surface area contributed by atoms with Gasteiger partial charge in [0.2, 0.25) is 5.91 Å². The van der Waals surface area contributed by atoms with E-state index in [2.05, 4.69) is 22.1 Å². The Morgan fingerprint density at radius 3 is 2.64 bits per heavy atom. The third-order valence-electron chi connectivity index (χ3n) is 6.11. The van der Waals surface area contributed by atoms with Crippen molar-refractivity contribution in [2.75, 3.05) is 38.1 Å². The number of hydrogen-bond donors (Lipinski definition) is 1. The Hall–Kier alpha value is -2.39. The van der Waals surface area contributed by atoms with Crippen molar-refractivity contribution < 1.29 is 19.1 Å². The molecule has 2 unspecified atom stereocenters. The van der Waals surface area contributed by atoms with Gasteiger partial charge in [-0.05, 0) is 56.4 Å². The Morgan fingerprint density at radius 2 is 1.91 bits per heavy atom. The molecule has 1 aromatic rings. The van der Waals surface area contributed by atoms with Gasteiger partial charge >= 0.3 is 0 Å². The van der Waals surface area contributed by atoms with Crippen LogP contribution in [0.3, 0.4) is 0 Å². The number of carbonyl (C=O) groups excluding carboxylic acids is 3. The molecule has 0 aromatic heterocycles. The van der Waals surface area contributed by atoms with Gasteiger partial charge in [0.1, 0.15) is 5.25 Å². The van der Waals surface area contributed by atoms with E-state index in [9.17, 15) is 14.4 Å². The van der Waals surface area contributed by atoms with E-state index in [4.69, 9.17) is 4.74 Å². The number of carbonyl (C=O) groups is 3. The first-order valence-electron chi connectivity index (χ1n) is 11.9. The van der Waals surface area contributed by atoms with Gasteiger partial charge in [-0.3, -0.25) is 14.4 Å². The molecule has 2 fully saturated rings. The molecule has 3 aliphatic rings. The highest BCUT2D eigenvalue weighted by atomic mass is 32.2. The van der Waals surface area contributed by atoms with Crippen LogP contribution in [-0.2, 0) is 14.3 Å². The molecular formula is C24H32N4O4S. The number of rotatable bonds is 7. The first-order chi connectivity index (χ1) is 16.0. The van der Waals surface area contributed by atoms with Gasteiger partial charge < -0.3 is 19.9 Å². The molecular weight excluding hydrogens is 440 g/mol. The number of anilines is 1. The summed E-state index contributed by atoms with van der Waals surface area (Å²) in [5.74, 6) is -0.484. The zero-order chi connectivity index (χ0) is 23.2. The number of amidine groups is 1. The monoisotopic (exact) mass is 472 g/mol. The molecule has 1 N–H and O–H groups in total. The van der Waals surface area contributed by atoms with E-state index < -0.39 is 5.25 Å². The minimum absolute atomic E-state index is 0.0165. The zero-order valence-electron chi connectivity index (χ0n) is 19.1. The summed E-state index contributed by atoms with van der Waals surface area (Å²) in [4.78, 5) is 45.7. The van der Waals surface area contributed by atoms with Crippen LogP contribution < -0.4 is 5.32 Å². The Labute approximate surface area is 199 Å². The number of likely N-dealkylation sites (tertiary alicyclic amines) is 2. The van der Waals surface area contributed by atoms with Crippen LogP contribution in [0.5, 0.6) is 0 Å². The van der Waals surface area contributed by atoms with E-state index in [-0.39, 0.29) is 30.2 Å². The van der Waals surface area contributed by atoms with Gasteiger partial charge in [0, 0.05) is 50.5 Å². The summed E-state index contributed by atoms with van der Waals surface area (Å²) >= 11 is 1.39. The summed E-state index contributed by atoms with van der Waals surface area (Å²) in [5, 5.41) is 3.12. The standard InChI is InChI=1S/C24H32N4O4S/c1-2-14-32-19-6-5-13-28(16-19)23(31)17-7-9-18(10-8-17)25-21(29)15-20-22(30)26-24(33-20)27-11-3-4-12-27/h7-10,19-20H,2-6,11-16H2,1H3,(H,25,29). The molecule has 0 saturated carbocycles. The average molecular weight is 473 g/mol. The lowest BCUT2D eigenvalue weighted by molar-refractivity contribution is -0.121. The van der Waals surface area contributed by atoms with Gasteiger partial charge in [-0.2, -0.15) is 4.99 Å². The van der Waals surface area contributed by atoms with Crippen molar-refractivity contribution in [1.29, 1.82) is 0 Å². The number of piperidine rings is 1. The topological polar surface area (TPSA) is 91.3 Å². The maximum atomic E-state index is 12.9. The van der Waals surface area contributed by atoms with E-state index in [1.807, 2.05) is 4.90 Å². The smallest absolute Gasteiger partial charge is 0.262 e. The van der Waals surface area contributed by atoms with Crippen molar-refractivity contribution in [2.45, 2.75) is 56.8 Å². The molecule has 178 valence electrons. The largest absolute Gasteiger partial charge is 0.376 e. The summed E-state index contributed by atoms with van der Waals surface area (Å²) in [6, 6.07) is 6.93. The molecule has 3 aliphatic heterocycles. The average Bonchev–Trinajstić information content (AvgIpc) is 3.48. The lowest BCUT2D eigenvalue weighted by Gasteiger charge is -2.32. The first kappa shape index (κ1) is 23.8. The number of ether oxygens (including phenoxy) is 1. The number of benzene rings is 1. The van der Waals surface area contributed by atoms with Crippen LogP contribution in [0.25, 0.3) is 0 Å². The summed E-state index contributed by atoms with van der Waals surface area (Å²) in [5.41, 5.74) is 1.20. The van der Waals surface area contributed by atoms with E-state index >= 15 is 0 Å². The molecule has 9 heteroatoms. The third kappa shape index (κ3) is 6.14. The van der Waals surface area contributed by atoms with Crippen LogP contribution in [-0.4, -0.2) is 76.8 Å². The summed E-state index contributed by atoms with van der Waals surface area (Å²) in [6.45, 7) is 6.00. The Kier molecular flexibility index (Phi) is 8.03. The fourth-order valence-corrected chi connectivity index (χ4v) is 5.47. The van der Waals surface area contributed by atoms with Crippen molar-refractivity contribution in [3.05, 3.63) is 29.8 Å². The number of nitrogens with one attached hydrogen (secondary N) is 1. The molecule has 33 heavy (non-hydrogen) atoms. The van der Waals surface area contributed by atoms with Crippen molar-refractivity contribution in [3.8, 4) is 0 Å². The molecule has 2 atom stereocenters. The molecule has 0 aliphatic carbocycles. The predicted molar refractivity (Wildman–Crippen MR) is 129 cm³/mol. The van der Waals surface area contributed by atoms with Gasteiger partial charge in [0.05, 0.1) is 6.10 Å². The minimum atomic E-state index is -0.469. The van der Waals surface area contributed by atoms with Crippen molar-refractivity contribution in [2.24, 2.45) is 4.99 Å². The van der Waals surface area contributed by atoms with Crippen molar-refractivity contribution in [1.82, 2.24) is 9.80 Å². The fourth-order valence-electron chi connectivity index (χ4n) is 4.36. The van der Waals surface area contributed by atoms with Crippen LogP contribution in [0.1, 0.15) is 55.8 Å². The molecule has 2 saturated heterocycles. The molecule has 3 heterocycles. The maximum absolute atomic E-state index is 12.9. The third-order valence-corrected chi connectivity index (χ3v) is 7.33. The van der Waals surface area contributed by atoms with E-state index in [1.54, 1.807) is 24.3 Å². The van der Waals surface area contributed by atoms with Gasteiger partial charge in [-0.25, -0.2) is 0 Å². The van der Waals surface area contributed by atoms with E-state index in [0.717, 1.165) is 63.5 Å². The van der Waals surface area contributed by atoms with Crippen LogP contribution in [0.4, 0.5) is 5.69 Å². The second-order valence-electron chi connectivity index (χ2n) is 8.75. The zero-order valence-corrected chi connectivity index (χ0v) is 19.9. The van der Waals surface area contributed by atoms with E-state index in [1.165, 1.54) is 11.8 Å². The highest BCUT2D eigenvalue weighted by Gasteiger charge is 2.33. The molecule has 0 bridgehead atoms. The molecule has 8 nitrogen and oxygen atoms in total. The van der Waals surface area contributed by atoms with Crippen LogP contribution in [0, 0.1) is 0 Å². The number of amides is 3. The summed E-state index contributed by atoms with van der Waals surface area (Å²) in [7, 11) is 0. The van der Waals surface area contributed by atoms with Crippen molar-refractivity contribution in [3.63, 3.8) is 0 Å².